The number of carbonyl (C=O) groups excluding carboxylic acids is 2. The third-order valence-electron chi connectivity index (χ3n) is 5.33. The molecular formula is C21H24N6O2S. The van der Waals surface area contributed by atoms with E-state index < -0.39 is 0 Å². The molecule has 30 heavy (non-hydrogen) atoms. The van der Waals surface area contributed by atoms with Crippen LogP contribution in [-0.2, 0) is 22.6 Å². The Kier molecular flexibility index (Phi) is 5.72. The lowest BCUT2D eigenvalue weighted by Gasteiger charge is -2.17. The van der Waals surface area contributed by atoms with Gasteiger partial charge in [-0.2, -0.15) is 4.98 Å². The van der Waals surface area contributed by atoms with Crippen molar-refractivity contribution in [1.82, 2.24) is 24.9 Å². The van der Waals surface area contributed by atoms with Crippen LogP contribution in [0, 0.1) is 13.8 Å². The second kappa shape index (κ2) is 8.43. The summed E-state index contributed by atoms with van der Waals surface area (Å²) in [5.74, 6) is 0.616. The lowest BCUT2D eigenvalue weighted by Crippen LogP contribution is -2.26. The predicted molar refractivity (Wildman–Crippen MR) is 116 cm³/mol. The second-order valence-electron chi connectivity index (χ2n) is 7.34. The average molecular weight is 425 g/mol. The smallest absolute Gasteiger partial charge is 0.253 e. The van der Waals surface area contributed by atoms with Crippen molar-refractivity contribution < 1.29 is 9.59 Å². The maximum Gasteiger partial charge on any atom is 0.253 e. The van der Waals surface area contributed by atoms with Gasteiger partial charge < -0.3 is 10.2 Å². The summed E-state index contributed by atoms with van der Waals surface area (Å²) in [5.41, 5.74) is 4.36. The van der Waals surface area contributed by atoms with Crippen molar-refractivity contribution in [2.45, 2.75) is 44.8 Å². The number of amides is 2. The molecule has 0 radical (unpaired) electrons. The summed E-state index contributed by atoms with van der Waals surface area (Å²) in [5, 5.41) is 8.06. The van der Waals surface area contributed by atoms with Crippen LogP contribution >= 0.6 is 11.8 Å². The van der Waals surface area contributed by atoms with Crippen LogP contribution in [0.1, 0.15) is 35.4 Å². The molecule has 2 aromatic heterocycles. The van der Waals surface area contributed by atoms with Crippen molar-refractivity contribution >= 4 is 35.0 Å². The lowest BCUT2D eigenvalue weighted by atomic mass is 10.1. The van der Waals surface area contributed by atoms with Gasteiger partial charge in [0.25, 0.3) is 5.78 Å². The van der Waals surface area contributed by atoms with E-state index in [0.717, 1.165) is 41.2 Å². The standard InChI is InChI=1S/C21H24N6O2S/c1-13-17(14(2)27-20(23-13)24-21(25-27)30-3)11-18(28)22-12-15-6-4-7-16(10-15)26-9-5-8-19(26)29/h4,6-7,10H,5,8-9,11-12H2,1-3H3,(H,22,28). The number of nitrogens with zero attached hydrogens (tertiary/aromatic N) is 5. The lowest BCUT2D eigenvalue weighted by molar-refractivity contribution is -0.120. The first-order valence-electron chi connectivity index (χ1n) is 9.89. The molecule has 0 unspecified atom stereocenters. The molecule has 0 aliphatic carbocycles. The van der Waals surface area contributed by atoms with Crippen LogP contribution in [0.5, 0.6) is 0 Å². The SMILES string of the molecule is CSc1nc2nc(C)c(CC(=O)NCc3cccc(N4CCCC4=O)c3)c(C)n2n1. The van der Waals surface area contributed by atoms with Gasteiger partial charge in [0.2, 0.25) is 17.0 Å². The van der Waals surface area contributed by atoms with E-state index in [9.17, 15) is 9.59 Å². The van der Waals surface area contributed by atoms with Gasteiger partial charge in [-0.05, 0) is 44.2 Å². The summed E-state index contributed by atoms with van der Waals surface area (Å²) in [4.78, 5) is 35.3. The highest BCUT2D eigenvalue weighted by Crippen LogP contribution is 2.22. The number of rotatable bonds is 6. The molecule has 1 N–H and O–H groups in total. The molecule has 1 aliphatic rings. The molecule has 1 fully saturated rings. The minimum absolute atomic E-state index is 0.0878. The summed E-state index contributed by atoms with van der Waals surface area (Å²) in [6.45, 7) is 4.98. The first-order chi connectivity index (χ1) is 14.5. The topological polar surface area (TPSA) is 92.5 Å². The zero-order valence-corrected chi connectivity index (χ0v) is 18.1. The number of anilines is 1. The van der Waals surface area contributed by atoms with E-state index in [0.29, 0.717) is 23.9 Å². The molecule has 3 aromatic rings. The zero-order chi connectivity index (χ0) is 21.3. The minimum atomic E-state index is -0.0878. The average Bonchev–Trinajstić information content (AvgIpc) is 3.35. The van der Waals surface area contributed by atoms with E-state index >= 15 is 0 Å². The molecular weight excluding hydrogens is 400 g/mol. The van der Waals surface area contributed by atoms with E-state index in [2.05, 4.69) is 20.4 Å². The molecule has 156 valence electrons. The Hall–Kier alpha value is -2.94. The third-order valence-corrected chi connectivity index (χ3v) is 5.87. The number of hydrogen-bond donors (Lipinski definition) is 1. The first kappa shape index (κ1) is 20.3. The molecule has 8 nitrogen and oxygen atoms in total. The number of hydrogen-bond acceptors (Lipinski definition) is 6. The highest BCUT2D eigenvalue weighted by molar-refractivity contribution is 7.98. The van der Waals surface area contributed by atoms with Gasteiger partial charge in [0.1, 0.15) is 0 Å². The quantitative estimate of drug-likeness (QED) is 0.611. The number of thioether (sulfide) groups is 1. The van der Waals surface area contributed by atoms with E-state index in [1.54, 1.807) is 9.42 Å². The van der Waals surface area contributed by atoms with Gasteiger partial charge in [0.15, 0.2) is 0 Å². The van der Waals surface area contributed by atoms with Crippen LogP contribution in [0.4, 0.5) is 5.69 Å². The van der Waals surface area contributed by atoms with Gasteiger partial charge in [-0.25, -0.2) is 9.50 Å². The van der Waals surface area contributed by atoms with Gasteiger partial charge in [0.05, 0.1) is 6.42 Å². The van der Waals surface area contributed by atoms with E-state index in [1.807, 2.05) is 44.4 Å². The number of nitrogens with one attached hydrogen (secondary N) is 1. The third kappa shape index (κ3) is 4.02. The molecule has 0 bridgehead atoms. The highest BCUT2D eigenvalue weighted by Gasteiger charge is 2.21. The maximum absolute atomic E-state index is 12.6. The van der Waals surface area contributed by atoms with Crippen molar-refractivity contribution in [1.29, 1.82) is 0 Å². The molecule has 0 saturated carbocycles. The van der Waals surface area contributed by atoms with E-state index in [1.165, 1.54) is 11.8 Å². The van der Waals surface area contributed by atoms with Crippen molar-refractivity contribution in [2.24, 2.45) is 0 Å². The Morgan fingerprint density at radius 1 is 1.27 bits per heavy atom. The van der Waals surface area contributed by atoms with Crippen LogP contribution in [0.3, 0.4) is 0 Å². The van der Waals surface area contributed by atoms with Crippen LogP contribution in [0.2, 0.25) is 0 Å². The van der Waals surface area contributed by atoms with Crippen LogP contribution in [0.15, 0.2) is 29.4 Å². The number of benzene rings is 1. The second-order valence-corrected chi connectivity index (χ2v) is 8.12. The van der Waals surface area contributed by atoms with E-state index in [-0.39, 0.29) is 18.2 Å². The molecule has 3 heterocycles. The van der Waals surface area contributed by atoms with Crippen molar-refractivity contribution in [3.05, 3.63) is 46.8 Å². The molecule has 1 aromatic carbocycles. The highest BCUT2D eigenvalue weighted by atomic mass is 32.2. The Balaban J connectivity index is 1.45. The van der Waals surface area contributed by atoms with Crippen molar-refractivity contribution in [3.63, 3.8) is 0 Å². The summed E-state index contributed by atoms with van der Waals surface area (Å²) in [6, 6.07) is 7.77. The fourth-order valence-corrected chi connectivity index (χ4v) is 4.05. The fourth-order valence-electron chi connectivity index (χ4n) is 3.71. The Morgan fingerprint density at radius 2 is 2.10 bits per heavy atom. The molecule has 2 amide bonds. The van der Waals surface area contributed by atoms with Gasteiger partial charge in [-0.1, -0.05) is 23.9 Å². The molecule has 0 atom stereocenters. The molecule has 9 heteroatoms. The van der Waals surface area contributed by atoms with E-state index in [4.69, 9.17) is 0 Å². The minimum Gasteiger partial charge on any atom is -0.352 e. The Bertz CT molecular complexity index is 1130. The van der Waals surface area contributed by atoms with Gasteiger partial charge in [-0.15, -0.1) is 5.10 Å². The largest absolute Gasteiger partial charge is 0.352 e. The number of carbonyl (C=O) groups is 2. The molecule has 1 aliphatic heterocycles. The first-order valence-corrected chi connectivity index (χ1v) is 11.1. The summed E-state index contributed by atoms with van der Waals surface area (Å²) in [6.07, 6.45) is 3.63. The van der Waals surface area contributed by atoms with Crippen LogP contribution in [-0.4, -0.2) is 44.2 Å². The van der Waals surface area contributed by atoms with Crippen molar-refractivity contribution in [3.8, 4) is 0 Å². The maximum atomic E-state index is 12.6. The van der Waals surface area contributed by atoms with Gasteiger partial charge >= 0.3 is 0 Å². The predicted octanol–water partition coefficient (Wildman–Crippen LogP) is 2.45. The Labute approximate surface area is 179 Å². The summed E-state index contributed by atoms with van der Waals surface area (Å²) < 4.78 is 1.69. The molecule has 4 rings (SSSR count). The van der Waals surface area contributed by atoms with Gasteiger partial charge in [0, 0.05) is 42.1 Å². The summed E-state index contributed by atoms with van der Waals surface area (Å²) >= 11 is 1.46. The number of aryl methyl sites for hydroxylation is 2. The zero-order valence-electron chi connectivity index (χ0n) is 17.3. The molecule has 0 spiro atoms. The number of fused-ring (bicyclic) bond motifs is 1. The van der Waals surface area contributed by atoms with Crippen molar-refractivity contribution in [2.75, 3.05) is 17.7 Å². The molecule has 1 saturated heterocycles. The fraction of sp³-hybridized carbons (Fsp3) is 0.381. The van der Waals surface area contributed by atoms with Crippen LogP contribution < -0.4 is 10.2 Å². The monoisotopic (exact) mass is 424 g/mol. The normalized spacial score (nSPS) is 14.0. The Morgan fingerprint density at radius 3 is 2.83 bits per heavy atom. The number of aromatic nitrogens is 4. The van der Waals surface area contributed by atoms with Gasteiger partial charge in [-0.3, -0.25) is 9.59 Å². The summed E-state index contributed by atoms with van der Waals surface area (Å²) in [7, 11) is 0. The van der Waals surface area contributed by atoms with Crippen LogP contribution in [0.25, 0.3) is 5.78 Å².